The van der Waals surface area contributed by atoms with Crippen molar-refractivity contribution in [2.24, 2.45) is 0 Å². The Labute approximate surface area is 124 Å². The van der Waals surface area contributed by atoms with Crippen LogP contribution in [0.15, 0.2) is 0 Å². The number of nitrogens with zero attached hydrogens (tertiary/aromatic N) is 1. The first-order valence-electron chi connectivity index (χ1n) is 7.26. The number of ether oxygens (including phenoxy) is 2. The van der Waals surface area contributed by atoms with Gasteiger partial charge in [-0.15, -0.1) is 0 Å². The van der Waals surface area contributed by atoms with Crippen LogP contribution in [0.3, 0.4) is 0 Å². The Hall–Kier alpha value is -1.63. The molecule has 0 aliphatic carbocycles. The van der Waals surface area contributed by atoms with E-state index in [0.717, 1.165) is 19.3 Å². The molecule has 1 rings (SSSR count). The van der Waals surface area contributed by atoms with Crippen LogP contribution in [0, 0.1) is 0 Å². The van der Waals surface area contributed by atoms with Crippen LogP contribution < -0.4 is 5.32 Å². The molecule has 1 unspecified atom stereocenters. The summed E-state index contributed by atoms with van der Waals surface area (Å²) in [6, 6.07) is 0. The quantitative estimate of drug-likeness (QED) is 0.532. The fraction of sp³-hybridized carbons (Fsp3) is 0.786. The van der Waals surface area contributed by atoms with Gasteiger partial charge >= 0.3 is 5.97 Å². The Kier molecular flexibility index (Phi) is 7.74. The number of carbonyl (C=O) groups is 3. The van der Waals surface area contributed by atoms with Gasteiger partial charge in [-0.05, 0) is 12.8 Å². The first kappa shape index (κ1) is 17.4. The molecule has 1 atom stereocenters. The van der Waals surface area contributed by atoms with Crippen LogP contribution >= 0.6 is 0 Å². The van der Waals surface area contributed by atoms with Crippen LogP contribution in [0.4, 0.5) is 0 Å². The van der Waals surface area contributed by atoms with E-state index in [2.05, 4.69) is 10.1 Å². The predicted octanol–water partition coefficient (Wildman–Crippen LogP) is 0.0833. The van der Waals surface area contributed by atoms with Gasteiger partial charge in [-0.1, -0.05) is 6.42 Å². The molecule has 7 nitrogen and oxygen atoms in total. The number of rotatable bonds is 7. The van der Waals surface area contributed by atoms with Crippen LogP contribution in [0.5, 0.6) is 0 Å². The number of morpholine rings is 1. The zero-order valence-electron chi connectivity index (χ0n) is 12.7. The van der Waals surface area contributed by atoms with Gasteiger partial charge in [0.2, 0.25) is 11.8 Å². The summed E-state index contributed by atoms with van der Waals surface area (Å²) in [5.74, 6) is -0.442. The highest BCUT2D eigenvalue weighted by Crippen LogP contribution is 2.10. The van der Waals surface area contributed by atoms with Crippen LogP contribution in [-0.2, 0) is 23.9 Å². The van der Waals surface area contributed by atoms with Gasteiger partial charge in [0.15, 0.2) is 6.10 Å². The highest BCUT2D eigenvalue weighted by atomic mass is 16.6. The fourth-order valence-corrected chi connectivity index (χ4v) is 2.15. The molecule has 0 radical (unpaired) electrons. The second kappa shape index (κ2) is 9.33. The number of hydrogen-bond donors (Lipinski definition) is 1. The average molecular weight is 300 g/mol. The molecule has 1 aliphatic heterocycles. The fourth-order valence-electron chi connectivity index (χ4n) is 2.15. The van der Waals surface area contributed by atoms with E-state index in [1.165, 1.54) is 14.0 Å². The molecule has 0 bridgehead atoms. The minimum atomic E-state index is -0.674. The molecular weight excluding hydrogens is 276 g/mol. The minimum absolute atomic E-state index is 0.0340. The minimum Gasteiger partial charge on any atom is -0.467 e. The van der Waals surface area contributed by atoms with Crippen LogP contribution in [0.25, 0.3) is 0 Å². The largest absolute Gasteiger partial charge is 0.467 e. The van der Waals surface area contributed by atoms with Crippen LogP contribution in [-0.4, -0.2) is 62.1 Å². The third kappa shape index (κ3) is 6.57. The summed E-state index contributed by atoms with van der Waals surface area (Å²) >= 11 is 0. The van der Waals surface area contributed by atoms with Crippen LogP contribution in [0.1, 0.15) is 32.6 Å². The van der Waals surface area contributed by atoms with Gasteiger partial charge < -0.3 is 19.7 Å². The summed E-state index contributed by atoms with van der Waals surface area (Å²) in [4.78, 5) is 35.8. The zero-order valence-corrected chi connectivity index (χ0v) is 12.7. The van der Waals surface area contributed by atoms with E-state index in [-0.39, 0.29) is 18.4 Å². The average Bonchev–Trinajstić information content (AvgIpc) is 2.49. The monoisotopic (exact) mass is 300 g/mol. The van der Waals surface area contributed by atoms with Crippen molar-refractivity contribution in [1.29, 1.82) is 0 Å². The third-order valence-corrected chi connectivity index (χ3v) is 3.32. The van der Waals surface area contributed by atoms with Crippen molar-refractivity contribution in [3.63, 3.8) is 0 Å². The molecule has 1 saturated heterocycles. The number of amides is 2. The van der Waals surface area contributed by atoms with Crippen molar-refractivity contribution in [3.8, 4) is 0 Å². The summed E-state index contributed by atoms with van der Waals surface area (Å²) in [7, 11) is 1.31. The van der Waals surface area contributed by atoms with E-state index >= 15 is 0 Å². The van der Waals surface area contributed by atoms with Gasteiger partial charge in [-0.25, -0.2) is 4.79 Å². The lowest BCUT2D eigenvalue weighted by Gasteiger charge is -2.31. The number of nitrogens with one attached hydrogen (secondary N) is 1. The van der Waals surface area contributed by atoms with Crippen molar-refractivity contribution in [1.82, 2.24) is 10.2 Å². The lowest BCUT2D eigenvalue weighted by Crippen LogP contribution is -2.48. The van der Waals surface area contributed by atoms with E-state index in [0.29, 0.717) is 26.1 Å². The Morgan fingerprint density at radius 1 is 1.29 bits per heavy atom. The van der Waals surface area contributed by atoms with Gasteiger partial charge in [0.05, 0.1) is 20.3 Å². The first-order valence-corrected chi connectivity index (χ1v) is 7.26. The van der Waals surface area contributed by atoms with E-state index in [9.17, 15) is 14.4 Å². The number of unbranched alkanes of at least 4 members (excludes halogenated alkanes) is 2. The molecule has 0 aromatic carbocycles. The number of methoxy groups -OCH3 is 1. The van der Waals surface area contributed by atoms with Gasteiger partial charge in [0, 0.05) is 26.4 Å². The lowest BCUT2D eigenvalue weighted by molar-refractivity contribution is -0.162. The second-order valence-corrected chi connectivity index (χ2v) is 5.02. The van der Waals surface area contributed by atoms with E-state index in [1.54, 1.807) is 4.90 Å². The Morgan fingerprint density at radius 2 is 2.05 bits per heavy atom. The van der Waals surface area contributed by atoms with Crippen molar-refractivity contribution in [2.45, 2.75) is 38.7 Å². The Bertz CT molecular complexity index is 372. The standard InChI is InChI=1S/C14H24N2O5/c1-11(17)15-7-5-3-4-6-13(18)16-8-9-21-12(10-16)14(19)20-2/h12H,3-10H2,1-2H3,(H,15,17). The molecule has 1 fully saturated rings. The topological polar surface area (TPSA) is 84.9 Å². The zero-order chi connectivity index (χ0) is 15.7. The molecule has 0 aromatic rings. The van der Waals surface area contributed by atoms with Crippen molar-refractivity contribution < 1.29 is 23.9 Å². The Morgan fingerprint density at radius 3 is 2.71 bits per heavy atom. The molecule has 2 amide bonds. The highest BCUT2D eigenvalue weighted by molar-refractivity contribution is 5.79. The molecule has 0 saturated carbocycles. The third-order valence-electron chi connectivity index (χ3n) is 3.32. The van der Waals surface area contributed by atoms with Crippen molar-refractivity contribution in [3.05, 3.63) is 0 Å². The number of esters is 1. The van der Waals surface area contributed by atoms with Crippen LogP contribution in [0.2, 0.25) is 0 Å². The molecule has 1 N–H and O–H groups in total. The highest BCUT2D eigenvalue weighted by Gasteiger charge is 2.29. The SMILES string of the molecule is COC(=O)C1CN(C(=O)CCCCCNC(C)=O)CCO1. The second-order valence-electron chi connectivity index (χ2n) is 5.02. The lowest BCUT2D eigenvalue weighted by atomic mass is 10.1. The summed E-state index contributed by atoms with van der Waals surface area (Å²) < 4.78 is 9.91. The first-order chi connectivity index (χ1) is 10.0. The maximum atomic E-state index is 12.0. The van der Waals surface area contributed by atoms with Crippen molar-refractivity contribution in [2.75, 3.05) is 33.4 Å². The summed E-state index contributed by atoms with van der Waals surface area (Å²) in [6.07, 6.45) is 2.30. The smallest absolute Gasteiger partial charge is 0.336 e. The molecule has 120 valence electrons. The normalized spacial score (nSPS) is 18.2. The van der Waals surface area contributed by atoms with Gasteiger partial charge in [0.25, 0.3) is 0 Å². The summed E-state index contributed by atoms with van der Waals surface area (Å²) in [5, 5.41) is 2.72. The summed E-state index contributed by atoms with van der Waals surface area (Å²) in [6.45, 7) is 3.26. The van der Waals surface area contributed by atoms with E-state index in [1.807, 2.05) is 0 Å². The van der Waals surface area contributed by atoms with Gasteiger partial charge in [-0.3, -0.25) is 9.59 Å². The molecule has 7 heteroatoms. The maximum Gasteiger partial charge on any atom is 0.336 e. The number of carbonyl (C=O) groups excluding carboxylic acids is 3. The number of hydrogen-bond acceptors (Lipinski definition) is 5. The van der Waals surface area contributed by atoms with Gasteiger partial charge in [0.1, 0.15) is 0 Å². The van der Waals surface area contributed by atoms with Crippen molar-refractivity contribution >= 4 is 17.8 Å². The molecule has 0 spiro atoms. The van der Waals surface area contributed by atoms with Gasteiger partial charge in [-0.2, -0.15) is 0 Å². The maximum absolute atomic E-state index is 12.0. The van der Waals surface area contributed by atoms with E-state index in [4.69, 9.17) is 4.74 Å². The molecule has 1 heterocycles. The molecule has 0 aromatic heterocycles. The molecule has 1 aliphatic rings. The van der Waals surface area contributed by atoms with E-state index < -0.39 is 12.1 Å². The molecule has 21 heavy (non-hydrogen) atoms. The molecular formula is C14H24N2O5. The Balaban J connectivity index is 2.19. The predicted molar refractivity (Wildman–Crippen MR) is 75.5 cm³/mol. The summed E-state index contributed by atoms with van der Waals surface area (Å²) in [5.41, 5.74) is 0.